The number of hydrogen-bond acceptors (Lipinski definition) is 5. The zero-order chi connectivity index (χ0) is 15.0. The van der Waals surface area contributed by atoms with E-state index in [1.54, 1.807) is 4.90 Å². The minimum atomic E-state index is -0.953. The molecular weight excluding hydrogens is 279 g/mol. The van der Waals surface area contributed by atoms with Crippen LogP contribution < -0.4 is 15.4 Å². The first kappa shape index (κ1) is 13.9. The standard InChI is InChI=1S/C13H17FN4O3/c14-10-6-8-5-9(15)7-21-12(8)16-11(10)17-1-3-18(4-2-17)13(19)20/h6,9H,1-5,7,15H2,(H,19,20)/t9-/m0/s1. The Hall–Kier alpha value is -2.09. The van der Waals surface area contributed by atoms with E-state index >= 15 is 0 Å². The second-order valence-electron chi connectivity index (χ2n) is 5.29. The van der Waals surface area contributed by atoms with E-state index in [0.29, 0.717) is 50.7 Å². The zero-order valence-corrected chi connectivity index (χ0v) is 11.5. The van der Waals surface area contributed by atoms with E-state index < -0.39 is 11.9 Å². The molecule has 0 radical (unpaired) electrons. The van der Waals surface area contributed by atoms with Crippen molar-refractivity contribution in [3.63, 3.8) is 0 Å². The molecule has 8 heteroatoms. The number of halogens is 1. The first-order chi connectivity index (χ1) is 10.0. The van der Waals surface area contributed by atoms with Gasteiger partial charge in [0, 0.05) is 37.8 Å². The average Bonchev–Trinajstić information content (AvgIpc) is 2.46. The molecule has 1 aromatic rings. The monoisotopic (exact) mass is 296 g/mol. The first-order valence-corrected chi connectivity index (χ1v) is 6.85. The summed E-state index contributed by atoms with van der Waals surface area (Å²) in [5, 5.41) is 8.92. The van der Waals surface area contributed by atoms with E-state index in [1.165, 1.54) is 11.0 Å². The maximum absolute atomic E-state index is 14.2. The van der Waals surface area contributed by atoms with Crippen LogP contribution in [0.2, 0.25) is 0 Å². The van der Waals surface area contributed by atoms with Gasteiger partial charge in [-0.2, -0.15) is 4.98 Å². The number of hydrogen-bond donors (Lipinski definition) is 2. The molecule has 0 aromatic carbocycles. The number of ether oxygens (including phenoxy) is 1. The van der Waals surface area contributed by atoms with Crippen molar-refractivity contribution in [1.82, 2.24) is 9.88 Å². The number of piperazine rings is 1. The van der Waals surface area contributed by atoms with Gasteiger partial charge < -0.3 is 25.4 Å². The summed E-state index contributed by atoms with van der Waals surface area (Å²) in [5.41, 5.74) is 6.46. The lowest BCUT2D eigenvalue weighted by molar-refractivity contribution is 0.142. The van der Waals surface area contributed by atoms with Crippen LogP contribution in [0, 0.1) is 5.82 Å². The highest BCUT2D eigenvalue weighted by Crippen LogP contribution is 2.28. The van der Waals surface area contributed by atoms with Crippen molar-refractivity contribution in [2.45, 2.75) is 12.5 Å². The summed E-state index contributed by atoms with van der Waals surface area (Å²) in [4.78, 5) is 18.2. The van der Waals surface area contributed by atoms with E-state index in [0.717, 1.165) is 0 Å². The van der Waals surface area contributed by atoms with E-state index in [2.05, 4.69) is 4.98 Å². The topological polar surface area (TPSA) is 91.9 Å². The average molecular weight is 296 g/mol. The van der Waals surface area contributed by atoms with Gasteiger partial charge >= 0.3 is 6.09 Å². The van der Waals surface area contributed by atoms with Gasteiger partial charge in [-0.15, -0.1) is 0 Å². The summed E-state index contributed by atoms with van der Waals surface area (Å²) in [6.45, 7) is 1.86. The molecule has 3 rings (SSSR count). The van der Waals surface area contributed by atoms with Crippen molar-refractivity contribution in [2.24, 2.45) is 5.73 Å². The highest BCUT2D eigenvalue weighted by atomic mass is 19.1. The lowest BCUT2D eigenvalue weighted by atomic mass is 10.1. The van der Waals surface area contributed by atoms with Crippen LogP contribution in [0.3, 0.4) is 0 Å². The maximum Gasteiger partial charge on any atom is 0.407 e. The Bertz CT molecular complexity index is 561. The number of amides is 1. The molecule has 0 saturated carbocycles. The Balaban J connectivity index is 1.79. The Kier molecular flexibility index (Phi) is 3.54. The van der Waals surface area contributed by atoms with Crippen LogP contribution in [0.1, 0.15) is 5.56 Å². The third kappa shape index (κ3) is 2.71. The predicted octanol–water partition coefficient (Wildman–Crippen LogP) is 0.283. The van der Waals surface area contributed by atoms with Crippen LogP contribution in [-0.4, -0.2) is 59.9 Å². The van der Waals surface area contributed by atoms with Gasteiger partial charge in [-0.3, -0.25) is 0 Å². The van der Waals surface area contributed by atoms with Crippen LogP contribution in [0.4, 0.5) is 15.0 Å². The van der Waals surface area contributed by atoms with Gasteiger partial charge in [-0.1, -0.05) is 0 Å². The fraction of sp³-hybridized carbons (Fsp3) is 0.538. The van der Waals surface area contributed by atoms with Crippen molar-refractivity contribution in [2.75, 3.05) is 37.7 Å². The van der Waals surface area contributed by atoms with Crippen LogP contribution >= 0.6 is 0 Å². The molecule has 21 heavy (non-hydrogen) atoms. The number of anilines is 1. The molecule has 0 bridgehead atoms. The highest BCUT2D eigenvalue weighted by molar-refractivity contribution is 5.65. The lowest BCUT2D eigenvalue weighted by Crippen LogP contribution is -2.49. The first-order valence-electron chi connectivity index (χ1n) is 6.85. The molecule has 3 N–H and O–H groups in total. The van der Waals surface area contributed by atoms with E-state index in [-0.39, 0.29) is 11.9 Å². The van der Waals surface area contributed by atoms with Crippen LogP contribution in [0.15, 0.2) is 6.07 Å². The fourth-order valence-corrected chi connectivity index (χ4v) is 2.63. The van der Waals surface area contributed by atoms with Crippen molar-refractivity contribution in [1.29, 1.82) is 0 Å². The van der Waals surface area contributed by atoms with Gasteiger partial charge in [0.25, 0.3) is 0 Å². The predicted molar refractivity (Wildman–Crippen MR) is 73.2 cm³/mol. The molecule has 0 unspecified atom stereocenters. The molecule has 2 aliphatic rings. The lowest BCUT2D eigenvalue weighted by Gasteiger charge is -2.34. The fourth-order valence-electron chi connectivity index (χ4n) is 2.63. The van der Waals surface area contributed by atoms with Gasteiger partial charge in [0.2, 0.25) is 5.88 Å². The second kappa shape index (κ2) is 5.36. The third-order valence-corrected chi connectivity index (χ3v) is 3.76. The van der Waals surface area contributed by atoms with Gasteiger partial charge in [0.05, 0.1) is 0 Å². The molecule has 0 aliphatic carbocycles. The van der Waals surface area contributed by atoms with Crippen molar-refractivity contribution < 1.29 is 19.0 Å². The van der Waals surface area contributed by atoms with Gasteiger partial charge in [-0.05, 0) is 12.5 Å². The number of aromatic nitrogens is 1. The van der Waals surface area contributed by atoms with Crippen LogP contribution in [0.5, 0.6) is 5.88 Å². The quantitative estimate of drug-likeness (QED) is 0.773. The highest BCUT2D eigenvalue weighted by Gasteiger charge is 2.26. The molecule has 1 atom stereocenters. The minimum Gasteiger partial charge on any atom is -0.476 e. The summed E-state index contributed by atoms with van der Waals surface area (Å²) in [5.74, 6) is 0.221. The Morgan fingerprint density at radius 3 is 2.81 bits per heavy atom. The molecule has 3 heterocycles. The maximum atomic E-state index is 14.2. The van der Waals surface area contributed by atoms with Gasteiger partial charge in [0.1, 0.15) is 6.61 Å². The Morgan fingerprint density at radius 2 is 2.14 bits per heavy atom. The number of nitrogens with zero attached hydrogens (tertiary/aromatic N) is 3. The molecule has 1 amide bonds. The van der Waals surface area contributed by atoms with E-state index in [4.69, 9.17) is 15.6 Å². The van der Waals surface area contributed by atoms with Crippen LogP contribution in [0.25, 0.3) is 0 Å². The summed E-state index contributed by atoms with van der Waals surface area (Å²) in [6, 6.07) is 1.28. The smallest absolute Gasteiger partial charge is 0.407 e. The summed E-state index contributed by atoms with van der Waals surface area (Å²) in [6.07, 6.45) is -0.405. The minimum absolute atomic E-state index is 0.135. The summed E-state index contributed by atoms with van der Waals surface area (Å²) in [7, 11) is 0. The van der Waals surface area contributed by atoms with Gasteiger partial charge in [-0.25, -0.2) is 9.18 Å². The molecule has 0 spiro atoms. The van der Waals surface area contributed by atoms with Crippen LogP contribution in [-0.2, 0) is 6.42 Å². The number of carboxylic acid groups (broad SMARTS) is 1. The molecular formula is C13H17FN4O3. The number of fused-ring (bicyclic) bond motifs is 1. The molecule has 1 fully saturated rings. The number of rotatable bonds is 1. The number of pyridine rings is 1. The SMILES string of the molecule is N[C@@H]1COc2nc(N3CCN(C(=O)O)CC3)c(F)cc2C1. The molecule has 114 valence electrons. The van der Waals surface area contributed by atoms with Crippen molar-refractivity contribution in [3.05, 3.63) is 17.4 Å². The van der Waals surface area contributed by atoms with E-state index in [1.807, 2.05) is 0 Å². The number of carbonyl (C=O) groups is 1. The molecule has 2 aliphatic heterocycles. The van der Waals surface area contributed by atoms with Crippen molar-refractivity contribution >= 4 is 11.9 Å². The van der Waals surface area contributed by atoms with Crippen molar-refractivity contribution in [3.8, 4) is 5.88 Å². The third-order valence-electron chi connectivity index (χ3n) is 3.76. The molecule has 1 saturated heterocycles. The molecule has 1 aromatic heterocycles. The largest absolute Gasteiger partial charge is 0.476 e. The number of nitrogens with two attached hydrogens (primary N) is 1. The zero-order valence-electron chi connectivity index (χ0n) is 11.5. The van der Waals surface area contributed by atoms with E-state index in [9.17, 15) is 9.18 Å². The Labute approximate surface area is 121 Å². The summed E-state index contributed by atoms with van der Waals surface area (Å²) >= 11 is 0. The summed E-state index contributed by atoms with van der Waals surface area (Å²) < 4.78 is 19.7. The normalized spacial score (nSPS) is 21.7. The Morgan fingerprint density at radius 1 is 1.43 bits per heavy atom. The molecule has 7 nitrogen and oxygen atoms in total. The van der Waals surface area contributed by atoms with Gasteiger partial charge in [0.15, 0.2) is 11.6 Å². The second-order valence-corrected chi connectivity index (χ2v) is 5.29.